The van der Waals surface area contributed by atoms with Crippen LogP contribution in [0.1, 0.15) is 24.5 Å². The minimum Gasteiger partial charge on any atom is -0.396 e. The lowest BCUT2D eigenvalue weighted by Crippen LogP contribution is -2.51. The van der Waals surface area contributed by atoms with Crippen LogP contribution in [0, 0.1) is 13.8 Å². The summed E-state index contributed by atoms with van der Waals surface area (Å²) < 4.78 is 5.10. The zero-order valence-electron chi connectivity index (χ0n) is 12.6. The van der Waals surface area contributed by atoms with Crippen LogP contribution in [0.2, 0.25) is 0 Å². The van der Waals surface area contributed by atoms with Gasteiger partial charge in [-0.25, -0.2) is 4.79 Å². The van der Waals surface area contributed by atoms with Crippen LogP contribution in [-0.2, 0) is 4.74 Å². The summed E-state index contributed by atoms with van der Waals surface area (Å²) in [5.41, 5.74) is 2.28. The van der Waals surface area contributed by atoms with Crippen LogP contribution in [0.15, 0.2) is 18.2 Å². The standard InChI is InChI=1S/C15H24N2O3/c1-11-5-6-12(2)13(9-11)16-14(19)17-15(3,7-8-18)10-20-4/h5-6,9,18H,7-8,10H2,1-4H3,(H2,16,17,19). The molecule has 0 aromatic heterocycles. The molecule has 0 saturated heterocycles. The average Bonchev–Trinajstić information content (AvgIpc) is 2.34. The molecule has 112 valence electrons. The van der Waals surface area contributed by atoms with Crippen molar-refractivity contribution in [1.29, 1.82) is 0 Å². The van der Waals surface area contributed by atoms with E-state index in [1.54, 1.807) is 7.11 Å². The van der Waals surface area contributed by atoms with Gasteiger partial charge in [-0.15, -0.1) is 0 Å². The maximum Gasteiger partial charge on any atom is 0.319 e. The summed E-state index contributed by atoms with van der Waals surface area (Å²) in [6.45, 7) is 6.09. The van der Waals surface area contributed by atoms with Crippen molar-refractivity contribution in [3.05, 3.63) is 29.3 Å². The molecule has 1 rings (SSSR count). The van der Waals surface area contributed by atoms with E-state index in [1.165, 1.54) is 0 Å². The Labute approximate surface area is 120 Å². The molecule has 2 amide bonds. The molecule has 1 atom stereocenters. The van der Waals surface area contributed by atoms with Crippen LogP contribution >= 0.6 is 0 Å². The Morgan fingerprint density at radius 1 is 1.40 bits per heavy atom. The van der Waals surface area contributed by atoms with Crippen molar-refractivity contribution in [3.8, 4) is 0 Å². The number of carbonyl (C=O) groups excluding carboxylic acids is 1. The lowest BCUT2D eigenvalue weighted by molar-refractivity contribution is 0.104. The first-order valence-corrected chi connectivity index (χ1v) is 6.66. The van der Waals surface area contributed by atoms with Crippen LogP contribution < -0.4 is 10.6 Å². The lowest BCUT2D eigenvalue weighted by atomic mass is 10.00. The lowest BCUT2D eigenvalue weighted by Gasteiger charge is -2.29. The SMILES string of the molecule is COCC(C)(CCO)NC(=O)Nc1cc(C)ccc1C. The molecule has 3 N–H and O–H groups in total. The third-order valence-corrected chi connectivity index (χ3v) is 3.18. The van der Waals surface area contributed by atoms with Gasteiger partial charge in [-0.2, -0.15) is 0 Å². The van der Waals surface area contributed by atoms with E-state index >= 15 is 0 Å². The first-order chi connectivity index (χ1) is 9.40. The minimum atomic E-state index is -0.592. The van der Waals surface area contributed by atoms with Crippen LogP contribution in [0.3, 0.4) is 0 Å². The highest BCUT2D eigenvalue weighted by atomic mass is 16.5. The number of aliphatic hydroxyl groups excluding tert-OH is 1. The van der Waals surface area contributed by atoms with E-state index in [0.29, 0.717) is 13.0 Å². The van der Waals surface area contributed by atoms with Gasteiger partial charge in [-0.05, 0) is 44.4 Å². The van der Waals surface area contributed by atoms with E-state index in [2.05, 4.69) is 10.6 Å². The number of amides is 2. The van der Waals surface area contributed by atoms with E-state index in [-0.39, 0.29) is 12.6 Å². The summed E-state index contributed by atoms with van der Waals surface area (Å²) in [5.74, 6) is 0. The van der Waals surface area contributed by atoms with E-state index in [0.717, 1.165) is 16.8 Å². The van der Waals surface area contributed by atoms with Gasteiger partial charge >= 0.3 is 6.03 Å². The Morgan fingerprint density at radius 2 is 2.10 bits per heavy atom. The van der Waals surface area contributed by atoms with E-state index in [4.69, 9.17) is 9.84 Å². The summed E-state index contributed by atoms with van der Waals surface area (Å²) in [5, 5.41) is 14.8. The van der Waals surface area contributed by atoms with Gasteiger partial charge in [-0.1, -0.05) is 12.1 Å². The van der Waals surface area contributed by atoms with Crippen LogP contribution in [-0.4, -0.2) is 37.0 Å². The predicted molar refractivity (Wildman–Crippen MR) is 80.1 cm³/mol. The zero-order chi connectivity index (χ0) is 15.2. The quantitative estimate of drug-likeness (QED) is 0.748. The van der Waals surface area contributed by atoms with E-state index in [1.807, 2.05) is 39.0 Å². The van der Waals surface area contributed by atoms with Crippen molar-refractivity contribution in [2.45, 2.75) is 32.7 Å². The monoisotopic (exact) mass is 280 g/mol. The number of aliphatic hydroxyl groups is 1. The molecule has 5 nitrogen and oxygen atoms in total. The van der Waals surface area contributed by atoms with Crippen molar-refractivity contribution < 1.29 is 14.6 Å². The number of rotatable bonds is 6. The molecule has 5 heteroatoms. The van der Waals surface area contributed by atoms with E-state index in [9.17, 15) is 4.79 Å². The van der Waals surface area contributed by atoms with Gasteiger partial charge in [0.05, 0.1) is 12.1 Å². The Kier molecular flexibility index (Phi) is 5.98. The highest BCUT2D eigenvalue weighted by Gasteiger charge is 2.26. The van der Waals surface area contributed by atoms with Crippen molar-refractivity contribution >= 4 is 11.7 Å². The van der Waals surface area contributed by atoms with Gasteiger partial charge in [0.2, 0.25) is 0 Å². The van der Waals surface area contributed by atoms with Crippen LogP contribution in [0.4, 0.5) is 10.5 Å². The number of hydrogen-bond donors (Lipinski definition) is 3. The van der Waals surface area contributed by atoms with Crippen LogP contribution in [0.5, 0.6) is 0 Å². The number of nitrogens with one attached hydrogen (secondary N) is 2. The number of benzene rings is 1. The second-order valence-electron chi connectivity index (χ2n) is 5.36. The molecule has 0 heterocycles. The molecule has 1 aromatic carbocycles. The highest BCUT2D eigenvalue weighted by Crippen LogP contribution is 2.17. The van der Waals surface area contributed by atoms with Crippen molar-refractivity contribution in [1.82, 2.24) is 5.32 Å². The fourth-order valence-corrected chi connectivity index (χ4v) is 2.03. The third-order valence-electron chi connectivity index (χ3n) is 3.18. The van der Waals surface area contributed by atoms with Gasteiger partial charge in [0.1, 0.15) is 0 Å². The van der Waals surface area contributed by atoms with E-state index < -0.39 is 5.54 Å². The molecular formula is C15H24N2O3. The number of aryl methyl sites for hydroxylation is 2. The third kappa shape index (κ3) is 4.83. The molecule has 0 aliphatic rings. The fourth-order valence-electron chi connectivity index (χ4n) is 2.03. The predicted octanol–water partition coefficient (Wildman–Crippen LogP) is 2.21. The van der Waals surface area contributed by atoms with Crippen molar-refractivity contribution in [2.24, 2.45) is 0 Å². The summed E-state index contributed by atoms with van der Waals surface area (Å²) in [6.07, 6.45) is 0.432. The Balaban J connectivity index is 2.72. The number of methoxy groups -OCH3 is 1. The molecule has 1 unspecified atom stereocenters. The number of hydrogen-bond acceptors (Lipinski definition) is 3. The molecular weight excluding hydrogens is 256 g/mol. The summed E-state index contributed by atoms with van der Waals surface area (Å²) in [4.78, 5) is 12.1. The molecule has 0 fully saturated rings. The number of anilines is 1. The molecule has 0 radical (unpaired) electrons. The Bertz CT molecular complexity index is 454. The molecule has 0 aliphatic heterocycles. The van der Waals surface area contributed by atoms with Gasteiger partial charge in [0.15, 0.2) is 0 Å². The molecule has 20 heavy (non-hydrogen) atoms. The smallest absolute Gasteiger partial charge is 0.319 e. The Morgan fingerprint density at radius 3 is 2.70 bits per heavy atom. The first-order valence-electron chi connectivity index (χ1n) is 6.66. The summed E-state index contributed by atoms with van der Waals surface area (Å²) in [7, 11) is 1.57. The zero-order valence-corrected chi connectivity index (χ0v) is 12.6. The topological polar surface area (TPSA) is 70.6 Å². The molecule has 1 aromatic rings. The van der Waals surface area contributed by atoms with Crippen LogP contribution in [0.25, 0.3) is 0 Å². The number of ether oxygens (including phenoxy) is 1. The minimum absolute atomic E-state index is 0.0103. The molecule has 0 saturated carbocycles. The second-order valence-corrected chi connectivity index (χ2v) is 5.36. The largest absolute Gasteiger partial charge is 0.396 e. The molecule has 0 aliphatic carbocycles. The second kappa shape index (κ2) is 7.26. The summed E-state index contributed by atoms with van der Waals surface area (Å²) in [6, 6.07) is 5.59. The van der Waals surface area contributed by atoms with Crippen molar-refractivity contribution in [2.75, 3.05) is 25.6 Å². The summed E-state index contributed by atoms with van der Waals surface area (Å²) >= 11 is 0. The van der Waals surface area contributed by atoms with Gasteiger partial charge in [0, 0.05) is 19.4 Å². The number of urea groups is 1. The molecule has 0 bridgehead atoms. The molecule has 0 spiro atoms. The van der Waals surface area contributed by atoms with Crippen molar-refractivity contribution in [3.63, 3.8) is 0 Å². The fraction of sp³-hybridized carbons (Fsp3) is 0.533. The average molecular weight is 280 g/mol. The normalized spacial score (nSPS) is 13.7. The maximum absolute atomic E-state index is 12.1. The number of carbonyl (C=O) groups is 1. The Hall–Kier alpha value is -1.59. The van der Waals surface area contributed by atoms with Gasteiger partial charge in [0.25, 0.3) is 0 Å². The van der Waals surface area contributed by atoms with Gasteiger partial charge in [-0.3, -0.25) is 0 Å². The first kappa shape index (κ1) is 16.5. The maximum atomic E-state index is 12.1. The highest BCUT2D eigenvalue weighted by molar-refractivity contribution is 5.90. The van der Waals surface area contributed by atoms with Gasteiger partial charge < -0.3 is 20.5 Å².